The van der Waals surface area contributed by atoms with Gasteiger partial charge in [-0.3, -0.25) is 9.59 Å². The summed E-state index contributed by atoms with van der Waals surface area (Å²) in [5.41, 5.74) is 0. The Morgan fingerprint density at radius 1 is 1.53 bits per heavy atom. The zero-order valence-electron chi connectivity index (χ0n) is 10.5. The number of ether oxygens (including phenoxy) is 1. The first-order valence-electron chi connectivity index (χ1n) is 6.04. The van der Waals surface area contributed by atoms with Crippen LogP contribution in [0.3, 0.4) is 0 Å². The van der Waals surface area contributed by atoms with Crippen LogP contribution >= 0.6 is 0 Å². The van der Waals surface area contributed by atoms with Crippen LogP contribution in [0.4, 0.5) is 0 Å². The van der Waals surface area contributed by atoms with Gasteiger partial charge in [0.15, 0.2) is 0 Å². The van der Waals surface area contributed by atoms with Gasteiger partial charge in [0.25, 0.3) is 0 Å². The van der Waals surface area contributed by atoms with E-state index in [1.165, 1.54) is 0 Å². The van der Waals surface area contributed by atoms with Crippen LogP contribution in [0.1, 0.15) is 32.6 Å². The average Bonchev–Trinajstić information content (AvgIpc) is 2.65. The molecule has 2 unspecified atom stereocenters. The van der Waals surface area contributed by atoms with Crippen LogP contribution in [0, 0.1) is 5.92 Å². The summed E-state index contributed by atoms with van der Waals surface area (Å²) in [6.45, 7) is 3.21. The summed E-state index contributed by atoms with van der Waals surface area (Å²) in [5.74, 6) is -0.600. The number of aliphatic carboxylic acids is 1. The Kier molecular flexibility index (Phi) is 5.41. The predicted octanol–water partition coefficient (Wildman–Crippen LogP) is 1.12. The van der Waals surface area contributed by atoms with Crippen molar-refractivity contribution in [2.75, 3.05) is 20.3 Å². The van der Waals surface area contributed by atoms with Gasteiger partial charge in [0, 0.05) is 32.7 Å². The standard InChI is InChI=1S/C12H21NO4/c1-9(8-17-2)6-11(14)13-5-3-4-10(13)7-12(15)16/h9-10H,3-8H2,1-2H3,(H,15,16). The topological polar surface area (TPSA) is 66.8 Å². The molecule has 5 heteroatoms. The number of carbonyl (C=O) groups excluding carboxylic acids is 1. The summed E-state index contributed by atoms with van der Waals surface area (Å²) >= 11 is 0. The molecule has 1 fully saturated rings. The maximum atomic E-state index is 12.0. The molecular weight excluding hydrogens is 222 g/mol. The van der Waals surface area contributed by atoms with E-state index < -0.39 is 5.97 Å². The predicted molar refractivity (Wildman–Crippen MR) is 62.6 cm³/mol. The quantitative estimate of drug-likeness (QED) is 0.759. The van der Waals surface area contributed by atoms with Crippen LogP contribution in [0.25, 0.3) is 0 Å². The molecule has 0 bridgehead atoms. The van der Waals surface area contributed by atoms with E-state index in [0.29, 0.717) is 19.6 Å². The molecule has 0 aromatic rings. The first kappa shape index (κ1) is 14.0. The average molecular weight is 243 g/mol. The number of amides is 1. The van der Waals surface area contributed by atoms with Crippen molar-refractivity contribution >= 4 is 11.9 Å². The Hall–Kier alpha value is -1.10. The highest BCUT2D eigenvalue weighted by atomic mass is 16.5. The molecule has 1 aliphatic rings. The molecule has 0 aromatic carbocycles. The minimum Gasteiger partial charge on any atom is -0.481 e. The summed E-state index contributed by atoms with van der Waals surface area (Å²) in [5, 5.41) is 8.78. The SMILES string of the molecule is COCC(C)CC(=O)N1CCCC1CC(=O)O. The second kappa shape index (κ2) is 6.59. The van der Waals surface area contributed by atoms with Crippen LogP contribution in [0.2, 0.25) is 0 Å². The fourth-order valence-corrected chi connectivity index (χ4v) is 2.34. The summed E-state index contributed by atoms with van der Waals surface area (Å²) < 4.78 is 4.99. The van der Waals surface area contributed by atoms with E-state index in [9.17, 15) is 9.59 Å². The van der Waals surface area contributed by atoms with Gasteiger partial charge in [0.1, 0.15) is 0 Å². The first-order valence-corrected chi connectivity index (χ1v) is 6.04. The lowest BCUT2D eigenvalue weighted by Gasteiger charge is -2.24. The minimum atomic E-state index is -0.834. The van der Waals surface area contributed by atoms with E-state index in [-0.39, 0.29) is 24.3 Å². The van der Waals surface area contributed by atoms with Crippen molar-refractivity contribution in [1.82, 2.24) is 4.90 Å². The lowest BCUT2D eigenvalue weighted by molar-refractivity contribution is -0.140. The lowest BCUT2D eigenvalue weighted by Crippen LogP contribution is -2.37. The molecule has 0 saturated carbocycles. The number of likely N-dealkylation sites (tertiary alicyclic amines) is 1. The van der Waals surface area contributed by atoms with Gasteiger partial charge >= 0.3 is 5.97 Å². The van der Waals surface area contributed by atoms with E-state index in [4.69, 9.17) is 9.84 Å². The van der Waals surface area contributed by atoms with E-state index in [1.54, 1.807) is 12.0 Å². The molecular formula is C12H21NO4. The van der Waals surface area contributed by atoms with Gasteiger partial charge in [0.2, 0.25) is 5.91 Å². The molecule has 1 amide bonds. The first-order chi connectivity index (χ1) is 8.04. The fraction of sp³-hybridized carbons (Fsp3) is 0.833. The third kappa shape index (κ3) is 4.34. The number of hydrogen-bond donors (Lipinski definition) is 1. The number of carboxylic acid groups (broad SMARTS) is 1. The Bertz CT molecular complexity index is 280. The van der Waals surface area contributed by atoms with Crippen molar-refractivity contribution < 1.29 is 19.4 Å². The molecule has 0 aliphatic carbocycles. The monoisotopic (exact) mass is 243 g/mol. The molecule has 5 nitrogen and oxygen atoms in total. The zero-order valence-corrected chi connectivity index (χ0v) is 10.5. The Labute approximate surface area is 102 Å². The molecule has 17 heavy (non-hydrogen) atoms. The molecule has 1 N–H and O–H groups in total. The molecule has 1 heterocycles. The summed E-state index contributed by atoms with van der Waals surface area (Å²) in [6.07, 6.45) is 2.20. The third-order valence-electron chi connectivity index (χ3n) is 3.08. The maximum Gasteiger partial charge on any atom is 0.305 e. The van der Waals surface area contributed by atoms with Crippen LogP contribution in [-0.4, -0.2) is 48.2 Å². The van der Waals surface area contributed by atoms with E-state index >= 15 is 0 Å². The van der Waals surface area contributed by atoms with E-state index in [0.717, 1.165) is 12.8 Å². The minimum absolute atomic E-state index is 0.0540. The van der Waals surface area contributed by atoms with Crippen molar-refractivity contribution in [3.05, 3.63) is 0 Å². The summed E-state index contributed by atoms with van der Waals surface area (Å²) in [4.78, 5) is 24.4. The van der Waals surface area contributed by atoms with E-state index in [1.807, 2.05) is 6.92 Å². The maximum absolute atomic E-state index is 12.0. The highest BCUT2D eigenvalue weighted by Crippen LogP contribution is 2.22. The normalized spacial score (nSPS) is 21.5. The van der Waals surface area contributed by atoms with Gasteiger partial charge in [-0.05, 0) is 18.8 Å². The van der Waals surface area contributed by atoms with Crippen LogP contribution in [0.15, 0.2) is 0 Å². The second-order valence-corrected chi connectivity index (χ2v) is 4.75. The van der Waals surface area contributed by atoms with Crippen molar-refractivity contribution in [1.29, 1.82) is 0 Å². The molecule has 0 spiro atoms. The molecule has 0 radical (unpaired) electrons. The van der Waals surface area contributed by atoms with Gasteiger partial charge in [-0.15, -0.1) is 0 Å². The number of methoxy groups -OCH3 is 1. The molecule has 1 saturated heterocycles. The molecule has 0 aromatic heterocycles. The van der Waals surface area contributed by atoms with Gasteiger partial charge < -0.3 is 14.7 Å². The van der Waals surface area contributed by atoms with Crippen LogP contribution < -0.4 is 0 Å². The van der Waals surface area contributed by atoms with Crippen molar-refractivity contribution in [2.45, 2.75) is 38.6 Å². The number of carbonyl (C=O) groups is 2. The van der Waals surface area contributed by atoms with E-state index in [2.05, 4.69) is 0 Å². The lowest BCUT2D eigenvalue weighted by atomic mass is 10.1. The molecule has 2 atom stereocenters. The van der Waals surface area contributed by atoms with Crippen LogP contribution in [-0.2, 0) is 14.3 Å². The number of hydrogen-bond acceptors (Lipinski definition) is 3. The highest BCUT2D eigenvalue weighted by Gasteiger charge is 2.30. The Morgan fingerprint density at radius 2 is 2.24 bits per heavy atom. The van der Waals surface area contributed by atoms with Crippen molar-refractivity contribution in [3.8, 4) is 0 Å². The van der Waals surface area contributed by atoms with Crippen molar-refractivity contribution in [3.63, 3.8) is 0 Å². The largest absolute Gasteiger partial charge is 0.481 e. The van der Waals surface area contributed by atoms with Gasteiger partial charge in [-0.25, -0.2) is 0 Å². The third-order valence-corrected chi connectivity index (χ3v) is 3.08. The zero-order chi connectivity index (χ0) is 12.8. The highest BCUT2D eigenvalue weighted by molar-refractivity contribution is 5.78. The second-order valence-electron chi connectivity index (χ2n) is 4.75. The smallest absolute Gasteiger partial charge is 0.305 e. The number of nitrogens with zero attached hydrogens (tertiary/aromatic N) is 1. The van der Waals surface area contributed by atoms with Gasteiger partial charge in [0.05, 0.1) is 6.42 Å². The summed E-state index contributed by atoms with van der Waals surface area (Å²) in [7, 11) is 1.62. The Balaban J connectivity index is 2.46. The number of carboxylic acids is 1. The molecule has 1 aliphatic heterocycles. The van der Waals surface area contributed by atoms with Crippen molar-refractivity contribution in [2.24, 2.45) is 5.92 Å². The van der Waals surface area contributed by atoms with Gasteiger partial charge in [-0.2, -0.15) is 0 Å². The molecule has 98 valence electrons. The number of rotatable bonds is 6. The summed E-state index contributed by atoms with van der Waals surface area (Å²) in [6, 6.07) is -0.116. The Morgan fingerprint density at radius 3 is 2.82 bits per heavy atom. The van der Waals surface area contributed by atoms with Gasteiger partial charge in [-0.1, -0.05) is 6.92 Å². The fourth-order valence-electron chi connectivity index (χ4n) is 2.34. The molecule has 1 rings (SSSR count). The van der Waals surface area contributed by atoms with Crippen LogP contribution in [0.5, 0.6) is 0 Å².